The van der Waals surface area contributed by atoms with E-state index in [0.717, 1.165) is 5.39 Å². The second kappa shape index (κ2) is 10.1. The van der Waals surface area contributed by atoms with Crippen LogP contribution in [0.4, 0.5) is 0 Å². The van der Waals surface area contributed by atoms with E-state index < -0.39 is 11.9 Å². The number of carbonyl (C=O) groups excluding carboxylic acids is 2. The Morgan fingerprint density at radius 1 is 1.20 bits per heavy atom. The van der Waals surface area contributed by atoms with Crippen LogP contribution >= 0.6 is 43.5 Å². The quantitative estimate of drug-likeness (QED) is 0.241. The number of nitrogens with one attached hydrogen (secondary N) is 1. The highest BCUT2D eigenvalue weighted by Crippen LogP contribution is 2.34. The van der Waals surface area contributed by atoms with E-state index in [1.54, 1.807) is 43.3 Å². The molecule has 0 aliphatic rings. The van der Waals surface area contributed by atoms with Gasteiger partial charge < -0.3 is 13.9 Å². The topological polar surface area (TPSA) is 90.1 Å². The molecule has 0 radical (unpaired) electrons. The predicted molar refractivity (Wildman–Crippen MR) is 120 cm³/mol. The summed E-state index contributed by atoms with van der Waals surface area (Å²) in [6.07, 6.45) is 1.46. The zero-order valence-corrected chi connectivity index (χ0v) is 19.5. The molecule has 0 unspecified atom stereocenters. The molecule has 3 rings (SSSR count). The zero-order valence-electron chi connectivity index (χ0n) is 15.6. The van der Waals surface area contributed by atoms with Gasteiger partial charge in [-0.3, -0.25) is 4.79 Å². The number of hydrazone groups is 1. The van der Waals surface area contributed by atoms with Gasteiger partial charge in [0.05, 0.1) is 21.8 Å². The van der Waals surface area contributed by atoms with Gasteiger partial charge in [-0.15, -0.1) is 0 Å². The number of carbonyl (C=O) groups is 2. The van der Waals surface area contributed by atoms with Crippen molar-refractivity contribution in [3.63, 3.8) is 0 Å². The molecule has 0 saturated heterocycles. The van der Waals surface area contributed by atoms with Gasteiger partial charge in [0.2, 0.25) is 0 Å². The third-order valence-electron chi connectivity index (χ3n) is 3.74. The molecule has 1 heterocycles. The summed E-state index contributed by atoms with van der Waals surface area (Å²) in [5.74, 6) is -0.386. The van der Waals surface area contributed by atoms with Crippen LogP contribution in [0.15, 0.2) is 54.9 Å². The molecule has 156 valence electrons. The molecule has 0 aliphatic carbocycles. The first-order valence-electron chi connectivity index (χ1n) is 8.67. The molecule has 0 aliphatic heterocycles. The van der Waals surface area contributed by atoms with Gasteiger partial charge in [-0.1, -0.05) is 11.6 Å². The van der Waals surface area contributed by atoms with E-state index in [-0.39, 0.29) is 19.0 Å². The smallest absolute Gasteiger partial charge is 0.344 e. The molecule has 10 heteroatoms. The van der Waals surface area contributed by atoms with Crippen LogP contribution in [0.5, 0.6) is 5.75 Å². The molecule has 0 saturated carbocycles. The Hall–Kier alpha value is -2.36. The zero-order chi connectivity index (χ0) is 21.7. The number of hydrogen-bond donors (Lipinski definition) is 1. The normalized spacial score (nSPS) is 11.1. The van der Waals surface area contributed by atoms with Crippen LogP contribution in [-0.4, -0.2) is 31.3 Å². The number of halogens is 3. The summed E-state index contributed by atoms with van der Waals surface area (Å²) in [5, 5.41) is 5.23. The first-order chi connectivity index (χ1) is 14.4. The molecule has 7 nitrogen and oxygen atoms in total. The Balaban J connectivity index is 1.65. The van der Waals surface area contributed by atoms with Gasteiger partial charge in [0.1, 0.15) is 11.3 Å². The van der Waals surface area contributed by atoms with Gasteiger partial charge in [0.25, 0.3) is 0 Å². The highest BCUT2D eigenvalue weighted by molar-refractivity contribution is 9.11. The van der Waals surface area contributed by atoms with Crippen molar-refractivity contribution in [2.45, 2.75) is 6.92 Å². The van der Waals surface area contributed by atoms with Gasteiger partial charge >= 0.3 is 11.9 Å². The van der Waals surface area contributed by atoms with Crippen molar-refractivity contribution in [2.75, 3.05) is 13.2 Å². The standard InChI is InChI=1S/C20H15Br2ClN2O5/c1-2-28-18(26)10-29-19-14(21)5-11(6-15(19)22)9-24-25-20(27)17-8-12-7-13(23)3-4-16(12)30-17/h3-9H,2,10H2,1H3,(H,25,27)/b24-9+. The molecular formula is C20H15Br2ClN2O5. The van der Waals surface area contributed by atoms with Crippen molar-refractivity contribution in [3.05, 3.63) is 61.7 Å². The van der Waals surface area contributed by atoms with Crippen molar-refractivity contribution in [1.82, 2.24) is 5.43 Å². The summed E-state index contributed by atoms with van der Waals surface area (Å²) in [4.78, 5) is 23.7. The number of hydrogen-bond acceptors (Lipinski definition) is 6. The van der Waals surface area contributed by atoms with Gasteiger partial charge in [0, 0.05) is 10.4 Å². The average molecular weight is 559 g/mol. The molecule has 1 amide bonds. The minimum Gasteiger partial charge on any atom is -0.480 e. The lowest BCUT2D eigenvalue weighted by Gasteiger charge is -2.10. The van der Waals surface area contributed by atoms with Crippen molar-refractivity contribution >= 4 is 72.5 Å². The highest BCUT2D eigenvalue weighted by Gasteiger charge is 2.13. The van der Waals surface area contributed by atoms with E-state index in [4.69, 9.17) is 25.5 Å². The van der Waals surface area contributed by atoms with Crippen molar-refractivity contribution in [1.29, 1.82) is 0 Å². The van der Waals surface area contributed by atoms with Crippen LogP contribution in [0.3, 0.4) is 0 Å². The van der Waals surface area contributed by atoms with Crippen molar-refractivity contribution in [2.24, 2.45) is 5.10 Å². The lowest BCUT2D eigenvalue weighted by atomic mass is 10.2. The van der Waals surface area contributed by atoms with Crippen LogP contribution in [-0.2, 0) is 9.53 Å². The number of nitrogens with zero attached hydrogens (tertiary/aromatic N) is 1. The number of ether oxygens (including phenoxy) is 2. The van der Waals surface area contributed by atoms with Crippen LogP contribution in [0.2, 0.25) is 5.02 Å². The molecule has 0 spiro atoms. The first kappa shape index (κ1) is 22.3. The Labute approximate surface area is 193 Å². The molecule has 1 aromatic heterocycles. The fourth-order valence-corrected chi connectivity index (χ4v) is 4.10. The summed E-state index contributed by atoms with van der Waals surface area (Å²) < 4.78 is 17.0. The Morgan fingerprint density at radius 3 is 2.63 bits per heavy atom. The summed E-state index contributed by atoms with van der Waals surface area (Å²) in [6.45, 7) is 1.80. The predicted octanol–water partition coefficient (Wildman–Crippen LogP) is 5.32. The molecule has 3 aromatic rings. The summed E-state index contributed by atoms with van der Waals surface area (Å²) >= 11 is 12.7. The number of esters is 1. The third-order valence-corrected chi connectivity index (χ3v) is 5.16. The number of furan rings is 1. The minimum absolute atomic E-state index is 0.120. The second-order valence-electron chi connectivity index (χ2n) is 5.90. The van der Waals surface area contributed by atoms with E-state index >= 15 is 0 Å². The first-order valence-corrected chi connectivity index (χ1v) is 10.6. The summed E-state index contributed by atoms with van der Waals surface area (Å²) in [7, 11) is 0. The SMILES string of the molecule is CCOC(=O)COc1c(Br)cc(/C=N/NC(=O)c2cc3cc(Cl)ccc3o2)cc1Br. The molecule has 0 atom stereocenters. The maximum Gasteiger partial charge on any atom is 0.344 e. The maximum atomic E-state index is 12.2. The lowest BCUT2D eigenvalue weighted by molar-refractivity contribution is -0.145. The molecule has 30 heavy (non-hydrogen) atoms. The summed E-state index contributed by atoms with van der Waals surface area (Å²) in [6, 6.07) is 10.1. The fraction of sp³-hybridized carbons (Fsp3) is 0.150. The molecule has 1 N–H and O–H groups in total. The van der Waals surface area contributed by atoms with E-state index in [1.807, 2.05) is 0 Å². The third kappa shape index (κ3) is 5.62. The van der Waals surface area contributed by atoms with Crippen molar-refractivity contribution in [3.8, 4) is 5.75 Å². The summed E-state index contributed by atoms with van der Waals surface area (Å²) in [5.41, 5.74) is 3.64. The van der Waals surface area contributed by atoms with Crippen molar-refractivity contribution < 1.29 is 23.5 Å². The molecule has 2 aromatic carbocycles. The van der Waals surface area contributed by atoms with Gasteiger partial charge in [-0.05, 0) is 80.7 Å². The Morgan fingerprint density at radius 2 is 1.93 bits per heavy atom. The van der Waals surface area contributed by atoms with E-state index in [1.165, 1.54) is 6.21 Å². The highest BCUT2D eigenvalue weighted by atomic mass is 79.9. The van der Waals surface area contributed by atoms with Crippen LogP contribution in [0.1, 0.15) is 23.0 Å². The number of rotatable bonds is 7. The number of benzene rings is 2. The molecule has 0 bridgehead atoms. The second-order valence-corrected chi connectivity index (χ2v) is 8.04. The van der Waals surface area contributed by atoms with E-state index in [0.29, 0.717) is 30.9 Å². The minimum atomic E-state index is -0.494. The monoisotopic (exact) mass is 556 g/mol. The average Bonchev–Trinajstić information content (AvgIpc) is 3.11. The van der Waals surface area contributed by atoms with E-state index in [9.17, 15) is 9.59 Å². The lowest BCUT2D eigenvalue weighted by Crippen LogP contribution is -2.16. The maximum absolute atomic E-state index is 12.2. The fourth-order valence-electron chi connectivity index (χ4n) is 2.47. The largest absolute Gasteiger partial charge is 0.480 e. The molecular weight excluding hydrogens is 543 g/mol. The molecule has 0 fully saturated rings. The van der Waals surface area contributed by atoms with Gasteiger partial charge in [-0.25, -0.2) is 10.2 Å². The Bertz CT molecular complexity index is 1110. The van der Waals surface area contributed by atoms with Crippen LogP contribution in [0, 0.1) is 0 Å². The number of fused-ring (bicyclic) bond motifs is 1. The van der Waals surface area contributed by atoms with Gasteiger partial charge in [-0.2, -0.15) is 5.10 Å². The van der Waals surface area contributed by atoms with Crippen LogP contribution in [0.25, 0.3) is 11.0 Å². The van der Waals surface area contributed by atoms with Crippen LogP contribution < -0.4 is 10.2 Å². The Kier molecular flexibility index (Phi) is 7.52. The van der Waals surface area contributed by atoms with E-state index in [2.05, 4.69) is 42.4 Å². The number of amides is 1. The van der Waals surface area contributed by atoms with Gasteiger partial charge in [0.15, 0.2) is 12.4 Å².